The summed E-state index contributed by atoms with van der Waals surface area (Å²) >= 11 is 0. The highest BCUT2D eigenvalue weighted by atomic mass is 32.2. The Balaban J connectivity index is 1.55. The Morgan fingerprint density at radius 1 is 0.903 bits per heavy atom. The molecule has 0 saturated heterocycles. The lowest BCUT2D eigenvalue weighted by Crippen LogP contribution is -2.28. The van der Waals surface area contributed by atoms with Crippen molar-refractivity contribution in [1.29, 1.82) is 0 Å². The van der Waals surface area contributed by atoms with Crippen LogP contribution < -0.4 is 14.8 Å². The second-order valence-corrected chi connectivity index (χ2v) is 9.13. The minimum absolute atomic E-state index is 0.115. The molecule has 3 aromatic carbocycles. The lowest BCUT2D eigenvalue weighted by atomic mass is 10.1. The summed E-state index contributed by atoms with van der Waals surface area (Å²) in [6, 6.07) is 19.4. The summed E-state index contributed by atoms with van der Waals surface area (Å²) in [5.74, 6) is 0.159. The van der Waals surface area contributed by atoms with E-state index in [4.69, 9.17) is 4.74 Å². The number of hydrogen-bond donors (Lipinski definition) is 2. The number of nitrogens with one attached hydrogen (secondary N) is 2. The first-order chi connectivity index (χ1) is 14.7. The molecule has 0 fully saturated rings. The van der Waals surface area contributed by atoms with Gasteiger partial charge in [0.25, 0.3) is 15.9 Å². The van der Waals surface area contributed by atoms with Crippen LogP contribution in [-0.2, 0) is 21.4 Å². The maximum absolute atomic E-state index is 12.7. The van der Waals surface area contributed by atoms with Gasteiger partial charge in [-0.1, -0.05) is 42.0 Å². The average molecular weight is 439 g/mol. The average Bonchev–Trinajstić information content (AvgIpc) is 2.73. The molecule has 2 N–H and O–H groups in total. The number of sulfonamides is 1. The van der Waals surface area contributed by atoms with Crippen LogP contribution in [0.3, 0.4) is 0 Å². The first kappa shape index (κ1) is 22.4. The number of aryl methyl sites for hydroxylation is 3. The van der Waals surface area contributed by atoms with Crippen LogP contribution in [0.1, 0.15) is 22.3 Å². The van der Waals surface area contributed by atoms with E-state index in [1.54, 1.807) is 6.07 Å². The maximum Gasteiger partial charge on any atom is 0.261 e. The minimum atomic E-state index is -3.73. The molecule has 3 rings (SSSR count). The van der Waals surface area contributed by atoms with Crippen molar-refractivity contribution in [3.63, 3.8) is 0 Å². The number of rotatable bonds is 8. The SMILES string of the molecule is Cc1cccc(CNC(=O)COc2ccc(S(=O)(=O)Nc3cc(C)ccc3C)cc2)c1. The summed E-state index contributed by atoms with van der Waals surface area (Å²) in [6.45, 7) is 6.01. The van der Waals surface area contributed by atoms with Crippen LogP contribution in [0.25, 0.3) is 0 Å². The molecule has 0 spiro atoms. The number of benzene rings is 3. The zero-order chi connectivity index (χ0) is 22.4. The van der Waals surface area contributed by atoms with Crippen LogP contribution >= 0.6 is 0 Å². The van der Waals surface area contributed by atoms with Crippen molar-refractivity contribution < 1.29 is 17.9 Å². The molecular formula is C24H26N2O4S. The monoisotopic (exact) mass is 438 g/mol. The summed E-state index contributed by atoms with van der Waals surface area (Å²) in [5.41, 5.74) is 4.49. The van der Waals surface area contributed by atoms with E-state index < -0.39 is 10.0 Å². The zero-order valence-electron chi connectivity index (χ0n) is 17.8. The van der Waals surface area contributed by atoms with Gasteiger partial charge in [0.1, 0.15) is 5.75 Å². The molecule has 3 aromatic rings. The van der Waals surface area contributed by atoms with Gasteiger partial charge in [0, 0.05) is 6.54 Å². The van der Waals surface area contributed by atoms with Gasteiger partial charge in [-0.3, -0.25) is 9.52 Å². The van der Waals surface area contributed by atoms with Crippen molar-refractivity contribution >= 4 is 21.6 Å². The standard InChI is InChI=1S/C24H26N2O4S/c1-17-5-4-6-20(13-17)15-25-24(27)16-30-21-9-11-22(12-10-21)31(28,29)26-23-14-18(2)7-8-19(23)3/h4-14,26H,15-16H2,1-3H3,(H,25,27). The Labute approximate surface area is 183 Å². The summed E-state index contributed by atoms with van der Waals surface area (Å²) in [4.78, 5) is 12.1. The normalized spacial score (nSPS) is 11.1. The Bertz CT molecular complexity index is 1170. The first-order valence-electron chi connectivity index (χ1n) is 9.88. The van der Waals surface area contributed by atoms with Crippen molar-refractivity contribution in [3.8, 4) is 5.75 Å². The van der Waals surface area contributed by atoms with Gasteiger partial charge < -0.3 is 10.1 Å². The Morgan fingerprint density at radius 2 is 1.61 bits per heavy atom. The van der Waals surface area contributed by atoms with Crippen LogP contribution in [0.2, 0.25) is 0 Å². The Hall–Kier alpha value is -3.32. The second-order valence-electron chi connectivity index (χ2n) is 7.45. The molecule has 0 bridgehead atoms. The minimum Gasteiger partial charge on any atom is -0.484 e. The van der Waals surface area contributed by atoms with Gasteiger partial charge in [0.05, 0.1) is 10.6 Å². The largest absolute Gasteiger partial charge is 0.484 e. The highest BCUT2D eigenvalue weighted by Crippen LogP contribution is 2.22. The molecule has 0 radical (unpaired) electrons. The summed E-state index contributed by atoms with van der Waals surface area (Å²) in [7, 11) is -3.73. The smallest absolute Gasteiger partial charge is 0.261 e. The van der Waals surface area contributed by atoms with Gasteiger partial charge >= 0.3 is 0 Å². The third kappa shape index (κ3) is 6.33. The molecule has 162 valence electrons. The van der Waals surface area contributed by atoms with Crippen molar-refractivity contribution in [2.45, 2.75) is 32.2 Å². The molecule has 0 aliphatic rings. The van der Waals surface area contributed by atoms with Crippen LogP contribution in [-0.4, -0.2) is 20.9 Å². The topological polar surface area (TPSA) is 84.5 Å². The third-order valence-electron chi connectivity index (χ3n) is 4.71. The van der Waals surface area contributed by atoms with Crippen molar-refractivity contribution in [1.82, 2.24) is 5.32 Å². The third-order valence-corrected chi connectivity index (χ3v) is 6.09. The van der Waals surface area contributed by atoms with Crippen molar-refractivity contribution in [2.75, 3.05) is 11.3 Å². The Kier molecular flexibility index (Phi) is 6.97. The molecule has 0 heterocycles. The predicted octanol–water partition coefficient (Wildman–Crippen LogP) is 4.11. The molecule has 31 heavy (non-hydrogen) atoms. The van der Waals surface area contributed by atoms with Gasteiger partial charge in [0.15, 0.2) is 6.61 Å². The van der Waals surface area contributed by atoms with E-state index in [9.17, 15) is 13.2 Å². The molecule has 0 aliphatic heterocycles. The number of carbonyl (C=O) groups excluding carboxylic acids is 1. The van der Waals surface area contributed by atoms with Gasteiger partial charge in [-0.25, -0.2) is 8.42 Å². The number of carbonyl (C=O) groups is 1. The highest BCUT2D eigenvalue weighted by molar-refractivity contribution is 7.92. The van der Waals surface area contributed by atoms with Gasteiger partial charge in [-0.15, -0.1) is 0 Å². The zero-order valence-corrected chi connectivity index (χ0v) is 18.6. The summed E-state index contributed by atoms with van der Waals surface area (Å²) < 4.78 is 33.4. The Morgan fingerprint density at radius 3 is 2.32 bits per heavy atom. The molecule has 0 atom stereocenters. The highest BCUT2D eigenvalue weighted by Gasteiger charge is 2.15. The van der Waals surface area contributed by atoms with E-state index >= 15 is 0 Å². The summed E-state index contributed by atoms with van der Waals surface area (Å²) in [5, 5.41) is 2.80. The number of hydrogen-bond acceptors (Lipinski definition) is 4. The molecule has 0 saturated carbocycles. The maximum atomic E-state index is 12.7. The van der Waals surface area contributed by atoms with Crippen molar-refractivity contribution in [3.05, 3.63) is 89.0 Å². The molecular weight excluding hydrogens is 412 g/mol. The molecule has 0 aromatic heterocycles. The molecule has 7 heteroatoms. The van der Waals surface area contributed by atoms with Gasteiger partial charge in [-0.2, -0.15) is 0 Å². The quantitative estimate of drug-likeness (QED) is 0.554. The van der Waals surface area contributed by atoms with Crippen LogP contribution in [0.4, 0.5) is 5.69 Å². The van der Waals surface area contributed by atoms with Gasteiger partial charge in [-0.05, 0) is 67.8 Å². The second kappa shape index (κ2) is 9.66. The van der Waals surface area contributed by atoms with E-state index in [0.29, 0.717) is 18.0 Å². The van der Waals surface area contributed by atoms with E-state index in [-0.39, 0.29) is 17.4 Å². The van der Waals surface area contributed by atoms with Crippen LogP contribution in [0.15, 0.2) is 71.6 Å². The van der Waals surface area contributed by atoms with Crippen LogP contribution in [0.5, 0.6) is 5.75 Å². The molecule has 0 unspecified atom stereocenters. The number of ether oxygens (including phenoxy) is 1. The number of amides is 1. The van der Waals surface area contributed by atoms with E-state index in [1.807, 2.05) is 57.2 Å². The van der Waals surface area contributed by atoms with E-state index in [1.165, 1.54) is 24.3 Å². The van der Waals surface area contributed by atoms with E-state index in [0.717, 1.165) is 22.3 Å². The lowest BCUT2D eigenvalue weighted by molar-refractivity contribution is -0.123. The summed E-state index contributed by atoms with van der Waals surface area (Å²) in [6.07, 6.45) is 0. The number of anilines is 1. The van der Waals surface area contributed by atoms with Gasteiger partial charge in [0.2, 0.25) is 0 Å². The fourth-order valence-corrected chi connectivity index (χ4v) is 4.11. The molecule has 1 amide bonds. The molecule has 6 nitrogen and oxygen atoms in total. The van der Waals surface area contributed by atoms with E-state index in [2.05, 4.69) is 10.0 Å². The molecule has 0 aliphatic carbocycles. The lowest BCUT2D eigenvalue weighted by Gasteiger charge is -2.12. The predicted molar refractivity (Wildman–Crippen MR) is 122 cm³/mol. The fourth-order valence-electron chi connectivity index (χ4n) is 2.99. The van der Waals surface area contributed by atoms with Crippen molar-refractivity contribution in [2.24, 2.45) is 0 Å². The fraction of sp³-hybridized carbons (Fsp3) is 0.208. The first-order valence-corrected chi connectivity index (χ1v) is 11.4. The van der Waals surface area contributed by atoms with Crippen LogP contribution in [0, 0.1) is 20.8 Å².